The predicted octanol–water partition coefficient (Wildman–Crippen LogP) is 2.32. The Balaban J connectivity index is 2.30. The van der Waals surface area contributed by atoms with Crippen molar-refractivity contribution in [3.05, 3.63) is 42.5 Å². The highest BCUT2D eigenvalue weighted by atomic mass is 16.5. The molecule has 1 atom stereocenters. The average molecular weight is 262 g/mol. The van der Waals surface area contributed by atoms with Gasteiger partial charge in [0.2, 0.25) is 0 Å². The van der Waals surface area contributed by atoms with Crippen LogP contribution < -0.4 is 10.6 Å². The van der Waals surface area contributed by atoms with Crippen LogP contribution in [0.15, 0.2) is 42.5 Å². The normalized spacial score (nSPS) is 11.3. The monoisotopic (exact) mass is 262 g/mol. The fourth-order valence-corrected chi connectivity index (χ4v) is 1.26. The number of carbonyl (C=O) groups is 2. The standard InChI is InChI=1S/C14H18N2O3/c1-10(2)13(17)19-11(3)9-15-14(18)16-12-7-5-4-6-8-12/h4-8,11H,1,9H2,2-3H3,(H2,15,16,18). The number of para-hydroxylation sites is 1. The number of anilines is 1. The maximum absolute atomic E-state index is 11.6. The molecule has 0 heterocycles. The third-order valence-electron chi connectivity index (χ3n) is 2.24. The van der Waals surface area contributed by atoms with Crippen molar-refractivity contribution < 1.29 is 14.3 Å². The van der Waals surface area contributed by atoms with E-state index in [0.29, 0.717) is 11.3 Å². The molecule has 19 heavy (non-hydrogen) atoms. The van der Waals surface area contributed by atoms with E-state index in [-0.39, 0.29) is 12.6 Å². The first-order valence-electron chi connectivity index (χ1n) is 5.95. The van der Waals surface area contributed by atoms with Gasteiger partial charge in [0.05, 0.1) is 6.54 Å². The number of benzene rings is 1. The molecule has 0 aromatic heterocycles. The summed E-state index contributed by atoms with van der Waals surface area (Å²) in [4.78, 5) is 22.8. The molecule has 0 bridgehead atoms. The van der Waals surface area contributed by atoms with Crippen LogP contribution in [0.5, 0.6) is 0 Å². The van der Waals surface area contributed by atoms with Crippen molar-refractivity contribution in [2.24, 2.45) is 0 Å². The summed E-state index contributed by atoms with van der Waals surface area (Å²) < 4.78 is 5.03. The molecule has 102 valence electrons. The van der Waals surface area contributed by atoms with Crippen LogP contribution in [0, 0.1) is 0 Å². The molecule has 0 aliphatic heterocycles. The highest BCUT2D eigenvalue weighted by Gasteiger charge is 2.11. The number of hydrogen-bond acceptors (Lipinski definition) is 3. The van der Waals surface area contributed by atoms with E-state index < -0.39 is 12.1 Å². The molecule has 0 saturated carbocycles. The van der Waals surface area contributed by atoms with Crippen LogP contribution >= 0.6 is 0 Å². The molecule has 2 N–H and O–H groups in total. The van der Waals surface area contributed by atoms with Crippen molar-refractivity contribution in [2.45, 2.75) is 20.0 Å². The summed E-state index contributed by atoms with van der Waals surface area (Å²) in [7, 11) is 0. The molecule has 2 amide bonds. The second-order valence-electron chi connectivity index (χ2n) is 4.20. The van der Waals surface area contributed by atoms with Crippen LogP contribution in [0.1, 0.15) is 13.8 Å². The van der Waals surface area contributed by atoms with Crippen molar-refractivity contribution in [3.8, 4) is 0 Å². The Hall–Kier alpha value is -2.30. The zero-order valence-corrected chi connectivity index (χ0v) is 11.1. The zero-order valence-electron chi connectivity index (χ0n) is 11.1. The fourth-order valence-electron chi connectivity index (χ4n) is 1.26. The van der Waals surface area contributed by atoms with Gasteiger partial charge in [-0.1, -0.05) is 24.8 Å². The van der Waals surface area contributed by atoms with Crippen molar-refractivity contribution in [1.82, 2.24) is 5.32 Å². The molecular formula is C14H18N2O3. The van der Waals surface area contributed by atoms with Gasteiger partial charge in [0.15, 0.2) is 0 Å². The number of rotatable bonds is 5. The Morgan fingerprint density at radius 3 is 2.53 bits per heavy atom. The lowest BCUT2D eigenvalue weighted by molar-refractivity contribution is -0.143. The molecule has 1 unspecified atom stereocenters. The number of nitrogens with one attached hydrogen (secondary N) is 2. The maximum atomic E-state index is 11.6. The van der Waals surface area contributed by atoms with Gasteiger partial charge in [-0.2, -0.15) is 0 Å². The summed E-state index contributed by atoms with van der Waals surface area (Å²) in [6, 6.07) is 8.74. The predicted molar refractivity (Wildman–Crippen MR) is 73.8 cm³/mol. The molecule has 5 nitrogen and oxygen atoms in total. The first-order valence-corrected chi connectivity index (χ1v) is 5.95. The van der Waals surface area contributed by atoms with E-state index >= 15 is 0 Å². The van der Waals surface area contributed by atoms with Gasteiger partial charge in [-0.3, -0.25) is 0 Å². The zero-order chi connectivity index (χ0) is 14.3. The third kappa shape index (κ3) is 5.72. The van der Waals surface area contributed by atoms with E-state index in [4.69, 9.17) is 4.74 Å². The molecule has 1 aromatic carbocycles. The molecule has 5 heteroatoms. The maximum Gasteiger partial charge on any atom is 0.333 e. The summed E-state index contributed by atoms with van der Waals surface area (Å²) in [5.41, 5.74) is 1.03. The SMILES string of the molecule is C=C(C)C(=O)OC(C)CNC(=O)Nc1ccccc1. The van der Waals surface area contributed by atoms with Crippen LogP contribution in [-0.2, 0) is 9.53 Å². The smallest absolute Gasteiger partial charge is 0.333 e. The summed E-state index contributed by atoms with van der Waals surface area (Å²) in [5.74, 6) is -0.460. The topological polar surface area (TPSA) is 67.4 Å². The van der Waals surface area contributed by atoms with E-state index in [1.165, 1.54) is 0 Å². The van der Waals surface area contributed by atoms with E-state index in [0.717, 1.165) is 0 Å². The molecule has 0 aliphatic carbocycles. The second kappa shape index (κ2) is 7.20. The van der Waals surface area contributed by atoms with E-state index in [1.54, 1.807) is 26.0 Å². The fraction of sp³-hybridized carbons (Fsp3) is 0.286. The largest absolute Gasteiger partial charge is 0.457 e. The summed E-state index contributed by atoms with van der Waals surface area (Å²) >= 11 is 0. The van der Waals surface area contributed by atoms with Crippen molar-refractivity contribution in [3.63, 3.8) is 0 Å². The lowest BCUT2D eigenvalue weighted by atomic mass is 10.3. The molecule has 0 fully saturated rings. The number of urea groups is 1. The molecule has 1 aromatic rings. The van der Waals surface area contributed by atoms with E-state index in [2.05, 4.69) is 17.2 Å². The van der Waals surface area contributed by atoms with Gasteiger partial charge in [-0.15, -0.1) is 0 Å². The minimum atomic E-state index is -0.460. The van der Waals surface area contributed by atoms with Gasteiger partial charge in [0.25, 0.3) is 0 Å². The third-order valence-corrected chi connectivity index (χ3v) is 2.24. The van der Waals surface area contributed by atoms with E-state index in [1.807, 2.05) is 18.2 Å². The lowest BCUT2D eigenvalue weighted by Gasteiger charge is -2.14. The Morgan fingerprint density at radius 2 is 1.95 bits per heavy atom. The Bertz CT molecular complexity index is 457. The van der Waals surface area contributed by atoms with Gasteiger partial charge in [-0.05, 0) is 26.0 Å². The summed E-state index contributed by atoms with van der Waals surface area (Å²) in [6.45, 7) is 6.99. The molecule has 0 saturated heterocycles. The van der Waals surface area contributed by atoms with Crippen LogP contribution in [-0.4, -0.2) is 24.6 Å². The number of esters is 1. The first-order chi connectivity index (χ1) is 8.99. The van der Waals surface area contributed by atoms with Gasteiger partial charge in [-0.25, -0.2) is 9.59 Å². The van der Waals surface area contributed by atoms with Crippen LogP contribution in [0.3, 0.4) is 0 Å². The van der Waals surface area contributed by atoms with Gasteiger partial charge in [0, 0.05) is 11.3 Å². The highest BCUT2D eigenvalue weighted by Crippen LogP contribution is 2.04. The molecule has 1 rings (SSSR count). The van der Waals surface area contributed by atoms with Crippen molar-refractivity contribution in [2.75, 3.05) is 11.9 Å². The van der Waals surface area contributed by atoms with Gasteiger partial charge in [0.1, 0.15) is 6.10 Å². The van der Waals surface area contributed by atoms with Crippen LogP contribution in [0.2, 0.25) is 0 Å². The average Bonchev–Trinajstić information content (AvgIpc) is 2.37. The molecule has 0 spiro atoms. The summed E-state index contributed by atoms with van der Waals surface area (Å²) in [6.07, 6.45) is -0.411. The lowest BCUT2D eigenvalue weighted by Crippen LogP contribution is -2.36. The van der Waals surface area contributed by atoms with Crippen molar-refractivity contribution in [1.29, 1.82) is 0 Å². The minimum Gasteiger partial charge on any atom is -0.457 e. The quantitative estimate of drug-likeness (QED) is 0.632. The Labute approximate surface area is 112 Å². The summed E-state index contributed by atoms with van der Waals surface area (Å²) in [5, 5.41) is 5.28. The number of carbonyl (C=O) groups excluding carboxylic acids is 2. The molecule has 0 radical (unpaired) electrons. The van der Waals surface area contributed by atoms with Crippen molar-refractivity contribution >= 4 is 17.7 Å². The highest BCUT2D eigenvalue weighted by molar-refractivity contribution is 5.89. The first kappa shape index (κ1) is 14.8. The number of amides is 2. The van der Waals surface area contributed by atoms with E-state index in [9.17, 15) is 9.59 Å². The Kier molecular flexibility index (Phi) is 5.60. The van der Waals surface area contributed by atoms with Crippen LogP contribution in [0.4, 0.5) is 10.5 Å². The number of ether oxygens (including phenoxy) is 1. The minimum absolute atomic E-state index is 0.234. The van der Waals surface area contributed by atoms with Gasteiger partial charge >= 0.3 is 12.0 Å². The Morgan fingerprint density at radius 1 is 1.32 bits per heavy atom. The van der Waals surface area contributed by atoms with Crippen LogP contribution in [0.25, 0.3) is 0 Å². The molecular weight excluding hydrogens is 244 g/mol. The number of hydrogen-bond donors (Lipinski definition) is 2. The molecule has 0 aliphatic rings. The van der Waals surface area contributed by atoms with Gasteiger partial charge < -0.3 is 15.4 Å². The second-order valence-corrected chi connectivity index (χ2v) is 4.20.